The Bertz CT molecular complexity index is 443. The van der Waals surface area contributed by atoms with Crippen molar-refractivity contribution < 1.29 is 0 Å². The van der Waals surface area contributed by atoms with Gasteiger partial charge in [0.25, 0.3) is 0 Å². The summed E-state index contributed by atoms with van der Waals surface area (Å²) in [4.78, 5) is 0. The van der Waals surface area contributed by atoms with Crippen LogP contribution in [0.25, 0.3) is 0 Å². The number of hydrogen-bond acceptors (Lipinski definition) is 0. The normalized spacial score (nSPS) is 13.9. The lowest BCUT2D eigenvalue weighted by atomic mass is 10.0. The lowest BCUT2D eigenvalue weighted by molar-refractivity contribution is 0.977. The summed E-state index contributed by atoms with van der Waals surface area (Å²) in [5, 5.41) is 3.06. The molecule has 3 rings (SSSR count). The van der Waals surface area contributed by atoms with E-state index >= 15 is 0 Å². The van der Waals surface area contributed by atoms with E-state index in [4.69, 9.17) is 0 Å². The van der Waals surface area contributed by atoms with Crippen molar-refractivity contribution in [3.05, 3.63) is 59.7 Å². The first kappa shape index (κ1) is 9.12. The first-order valence-electron chi connectivity index (χ1n) is 5.36. The molecular formula is C14H13P. The molecule has 0 radical (unpaired) electrons. The number of hydrogen-bond donors (Lipinski definition) is 0. The van der Waals surface area contributed by atoms with Gasteiger partial charge in [0.05, 0.1) is 0 Å². The summed E-state index contributed by atoms with van der Waals surface area (Å²) in [5.41, 5.74) is 3.07. The molecule has 0 saturated heterocycles. The molecule has 74 valence electrons. The van der Waals surface area contributed by atoms with Crippen LogP contribution in [-0.4, -0.2) is 0 Å². The minimum atomic E-state index is 0.837. The molecular weight excluding hydrogens is 199 g/mol. The molecule has 0 N–H and O–H groups in total. The zero-order chi connectivity index (χ0) is 10.1. The van der Waals surface area contributed by atoms with Crippen molar-refractivity contribution in [2.75, 3.05) is 0 Å². The highest BCUT2D eigenvalue weighted by Gasteiger charge is 2.11. The summed E-state index contributed by atoms with van der Waals surface area (Å²) in [5.74, 6) is 0. The maximum atomic E-state index is 2.27. The van der Waals surface area contributed by atoms with Gasteiger partial charge in [0, 0.05) is 0 Å². The molecule has 0 saturated carbocycles. The standard InChI is InChI=1S/C14H13P/c1-3-7-13-11(5-1)9-10-12-6-2-4-8-14(12)15-13/h1-8,15H,9-10H2. The zero-order valence-electron chi connectivity index (χ0n) is 8.53. The van der Waals surface area contributed by atoms with E-state index in [2.05, 4.69) is 48.5 Å². The maximum Gasteiger partial charge on any atom is -0.0194 e. The van der Waals surface area contributed by atoms with Crippen LogP contribution in [0.3, 0.4) is 0 Å². The van der Waals surface area contributed by atoms with Crippen LogP contribution >= 0.6 is 8.58 Å². The van der Waals surface area contributed by atoms with Gasteiger partial charge in [-0.25, -0.2) is 0 Å². The molecule has 15 heavy (non-hydrogen) atoms. The largest absolute Gasteiger partial charge is 0.0619 e. The van der Waals surface area contributed by atoms with E-state index < -0.39 is 0 Å². The van der Waals surface area contributed by atoms with Crippen LogP contribution in [0.4, 0.5) is 0 Å². The van der Waals surface area contributed by atoms with Gasteiger partial charge in [-0.05, 0) is 34.6 Å². The second-order valence-corrected chi connectivity index (χ2v) is 5.27. The van der Waals surface area contributed by atoms with Crippen molar-refractivity contribution in [2.24, 2.45) is 0 Å². The summed E-state index contributed by atoms with van der Waals surface area (Å²) >= 11 is 0. The number of rotatable bonds is 0. The first-order chi connectivity index (χ1) is 7.43. The predicted molar refractivity (Wildman–Crippen MR) is 67.9 cm³/mol. The lowest BCUT2D eigenvalue weighted by Gasteiger charge is -2.04. The van der Waals surface area contributed by atoms with E-state index in [1.54, 1.807) is 0 Å². The first-order valence-corrected chi connectivity index (χ1v) is 6.36. The Morgan fingerprint density at radius 3 is 1.67 bits per heavy atom. The minimum absolute atomic E-state index is 0.837. The van der Waals surface area contributed by atoms with Gasteiger partial charge in [0.1, 0.15) is 0 Å². The van der Waals surface area contributed by atoms with E-state index in [1.807, 2.05) is 0 Å². The van der Waals surface area contributed by atoms with Gasteiger partial charge in [-0.15, -0.1) is 0 Å². The molecule has 1 heteroatoms. The third-order valence-electron chi connectivity index (χ3n) is 2.97. The van der Waals surface area contributed by atoms with E-state index in [0.717, 1.165) is 8.58 Å². The summed E-state index contributed by atoms with van der Waals surface area (Å²) in [6.45, 7) is 0. The molecule has 1 heterocycles. The van der Waals surface area contributed by atoms with Gasteiger partial charge in [-0.1, -0.05) is 57.1 Å². The molecule has 0 nitrogen and oxygen atoms in total. The fourth-order valence-corrected chi connectivity index (χ4v) is 3.52. The quantitative estimate of drug-likeness (QED) is 0.588. The Balaban J connectivity index is 2.10. The zero-order valence-corrected chi connectivity index (χ0v) is 9.53. The van der Waals surface area contributed by atoms with Crippen LogP contribution < -0.4 is 10.6 Å². The molecule has 2 aromatic rings. The maximum absolute atomic E-state index is 2.27. The minimum Gasteiger partial charge on any atom is -0.0619 e. The van der Waals surface area contributed by atoms with Crippen LogP contribution in [0.15, 0.2) is 48.5 Å². The molecule has 1 aliphatic heterocycles. The Morgan fingerprint density at radius 1 is 0.667 bits per heavy atom. The highest BCUT2D eigenvalue weighted by molar-refractivity contribution is 7.55. The highest BCUT2D eigenvalue weighted by Crippen LogP contribution is 2.21. The predicted octanol–water partition coefficient (Wildman–Crippen LogP) is 2.41. The molecule has 1 aliphatic rings. The van der Waals surface area contributed by atoms with Crippen LogP contribution in [0.1, 0.15) is 11.1 Å². The summed E-state index contributed by atoms with van der Waals surface area (Å²) < 4.78 is 0. The van der Waals surface area contributed by atoms with Crippen molar-refractivity contribution in [1.29, 1.82) is 0 Å². The van der Waals surface area contributed by atoms with Crippen molar-refractivity contribution in [3.8, 4) is 0 Å². The second kappa shape index (κ2) is 3.79. The molecule has 0 spiro atoms. The van der Waals surface area contributed by atoms with E-state index in [-0.39, 0.29) is 0 Å². The fraction of sp³-hybridized carbons (Fsp3) is 0.143. The summed E-state index contributed by atoms with van der Waals surface area (Å²) in [6, 6.07) is 17.7. The third kappa shape index (κ3) is 1.70. The Kier molecular flexibility index (Phi) is 2.31. The summed E-state index contributed by atoms with van der Waals surface area (Å²) in [7, 11) is 0.837. The van der Waals surface area contributed by atoms with Crippen LogP contribution in [0, 0.1) is 0 Å². The van der Waals surface area contributed by atoms with Crippen LogP contribution in [0.5, 0.6) is 0 Å². The van der Waals surface area contributed by atoms with Gasteiger partial charge < -0.3 is 0 Å². The molecule has 0 amide bonds. The van der Waals surface area contributed by atoms with Crippen LogP contribution in [0.2, 0.25) is 0 Å². The molecule has 0 aromatic heterocycles. The van der Waals surface area contributed by atoms with Crippen LogP contribution in [-0.2, 0) is 12.8 Å². The van der Waals surface area contributed by atoms with Crippen molar-refractivity contribution >= 4 is 19.2 Å². The SMILES string of the molecule is c1ccc2c(c1)CCc1ccccc1P2. The second-order valence-electron chi connectivity index (χ2n) is 3.94. The van der Waals surface area contributed by atoms with Gasteiger partial charge >= 0.3 is 0 Å². The number of fused-ring (bicyclic) bond motifs is 2. The van der Waals surface area contributed by atoms with Gasteiger partial charge in [-0.3, -0.25) is 0 Å². The molecule has 0 aliphatic carbocycles. The van der Waals surface area contributed by atoms with Gasteiger partial charge in [-0.2, -0.15) is 0 Å². The smallest absolute Gasteiger partial charge is 0.0194 e. The highest BCUT2D eigenvalue weighted by atomic mass is 31.1. The van der Waals surface area contributed by atoms with Crippen molar-refractivity contribution in [1.82, 2.24) is 0 Å². The third-order valence-corrected chi connectivity index (χ3v) is 4.48. The van der Waals surface area contributed by atoms with Gasteiger partial charge in [0.2, 0.25) is 0 Å². The Hall–Kier alpha value is -1.13. The van der Waals surface area contributed by atoms with Crippen molar-refractivity contribution in [3.63, 3.8) is 0 Å². The molecule has 0 fully saturated rings. The lowest BCUT2D eigenvalue weighted by Crippen LogP contribution is -2.06. The average molecular weight is 212 g/mol. The Morgan fingerprint density at radius 2 is 1.13 bits per heavy atom. The van der Waals surface area contributed by atoms with E-state index in [1.165, 1.54) is 34.6 Å². The molecule has 0 bridgehead atoms. The fourth-order valence-electron chi connectivity index (χ4n) is 2.13. The Labute approximate surface area is 92.1 Å². The molecule has 0 unspecified atom stereocenters. The number of benzene rings is 2. The monoisotopic (exact) mass is 212 g/mol. The van der Waals surface area contributed by atoms with Gasteiger partial charge in [0.15, 0.2) is 0 Å². The number of aryl methyl sites for hydroxylation is 2. The average Bonchev–Trinajstić information content (AvgIpc) is 2.48. The summed E-state index contributed by atoms with van der Waals surface area (Å²) in [6.07, 6.45) is 2.39. The molecule has 0 atom stereocenters. The van der Waals surface area contributed by atoms with E-state index in [0.29, 0.717) is 0 Å². The van der Waals surface area contributed by atoms with E-state index in [9.17, 15) is 0 Å². The molecule has 2 aromatic carbocycles. The van der Waals surface area contributed by atoms with Crippen molar-refractivity contribution in [2.45, 2.75) is 12.8 Å². The topological polar surface area (TPSA) is 0 Å².